The summed E-state index contributed by atoms with van der Waals surface area (Å²) in [5.74, 6) is -5.59. The van der Waals surface area contributed by atoms with E-state index in [0.717, 1.165) is 10.6 Å². The Bertz CT molecular complexity index is 931. The van der Waals surface area contributed by atoms with Crippen LogP contribution in [-0.2, 0) is 17.8 Å². The number of anilines is 1. The largest absolute Gasteiger partial charge is 0.364 e. The van der Waals surface area contributed by atoms with Gasteiger partial charge in [0.1, 0.15) is 5.82 Å². The minimum atomic E-state index is -3.74. The van der Waals surface area contributed by atoms with E-state index in [2.05, 4.69) is 5.32 Å². The molecule has 1 aromatic carbocycles. The van der Waals surface area contributed by atoms with Gasteiger partial charge in [0.25, 0.3) is 11.8 Å². The standard InChI is InChI=1S/C21H24F3N3O2/c1-13-6-8-27(9-7-13)20(29)21(23,24)18-11-15(12-26(18)3)19(28)25-16-4-5-17(22)14(2)10-16/h4-5,10-13H,6-9H2,1-3H3,(H,25,28). The van der Waals surface area contributed by atoms with Gasteiger partial charge in [-0.25, -0.2) is 4.39 Å². The van der Waals surface area contributed by atoms with E-state index >= 15 is 0 Å². The Morgan fingerprint density at radius 3 is 2.45 bits per heavy atom. The first-order chi connectivity index (χ1) is 13.6. The first kappa shape index (κ1) is 21.0. The van der Waals surface area contributed by atoms with E-state index in [4.69, 9.17) is 0 Å². The quantitative estimate of drug-likeness (QED) is 0.831. The second-order valence-electron chi connectivity index (χ2n) is 7.69. The van der Waals surface area contributed by atoms with Crippen molar-refractivity contribution >= 4 is 17.5 Å². The second-order valence-corrected chi connectivity index (χ2v) is 7.69. The van der Waals surface area contributed by atoms with Gasteiger partial charge in [0, 0.05) is 32.0 Å². The first-order valence-corrected chi connectivity index (χ1v) is 9.51. The highest BCUT2D eigenvalue weighted by Gasteiger charge is 2.46. The average Bonchev–Trinajstić information content (AvgIpc) is 3.07. The molecule has 0 bridgehead atoms. The molecular formula is C21H24F3N3O2. The van der Waals surface area contributed by atoms with E-state index in [-0.39, 0.29) is 5.56 Å². The van der Waals surface area contributed by atoms with Crippen molar-refractivity contribution in [2.75, 3.05) is 18.4 Å². The Labute approximate surface area is 167 Å². The fourth-order valence-corrected chi connectivity index (χ4v) is 3.45. The van der Waals surface area contributed by atoms with Gasteiger partial charge in [-0.1, -0.05) is 6.92 Å². The Hall–Kier alpha value is -2.77. The number of alkyl halides is 2. The third-order valence-electron chi connectivity index (χ3n) is 5.34. The number of nitrogens with zero attached hydrogens (tertiary/aromatic N) is 2. The van der Waals surface area contributed by atoms with Crippen LogP contribution < -0.4 is 5.32 Å². The molecular weight excluding hydrogens is 383 g/mol. The van der Waals surface area contributed by atoms with Crippen molar-refractivity contribution in [1.29, 1.82) is 0 Å². The predicted octanol–water partition coefficient (Wildman–Crippen LogP) is 4.08. The predicted molar refractivity (Wildman–Crippen MR) is 103 cm³/mol. The zero-order valence-electron chi connectivity index (χ0n) is 16.6. The molecule has 2 amide bonds. The molecule has 1 aromatic heterocycles. The summed E-state index contributed by atoms with van der Waals surface area (Å²) in [5, 5.41) is 2.56. The van der Waals surface area contributed by atoms with Crippen molar-refractivity contribution in [1.82, 2.24) is 9.47 Å². The van der Waals surface area contributed by atoms with E-state index in [1.54, 1.807) is 6.92 Å². The number of benzene rings is 1. The lowest BCUT2D eigenvalue weighted by Crippen LogP contribution is -2.46. The SMILES string of the molecule is Cc1cc(NC(=O)c2cc(C(F)(F)C(=O)N3CCC(C)CC3)n(C)c2)ccc1F. The van der Waals surface area contributed by atoms with Gasteiger partial charge in [-0.15, -0.1) is 0 Å². The summed E-state index contributed by atoms with van der Waals surface area (Å²) >= 11 is 0. The Balaban J connectivity index is 1.78. The second kappa shape index (κ2) is 7.93. The lowest BCUT2D eigenvalue weighted by atomic mass is 9.98. The number of carbonyl (C=O) groups excluding carboxylic acids is 2. The normalized spacial score (nSPS) is 15.4. The third kappa shape index (κ3) is 4.31. The highest BCUT2D eigenvalue weighted by Crippen LogP contribution is 2.33. The molecule has 0 saturated carbocycles. The number of aryl methyl sites for hydroxylation is 2. The van der Waals surface area contributed by atoms with Gasteiger partial charge in [0.05, 0.1) is 11.3 Å². The molecule has 1 aliphatic rings. The number of amides is 2. The number of hydrogen-bond acceptors (Lipinski definition) is 2. The zero-order chi connectivity index (χ0) is 21.3. The summed E-state index contributed by atoms with van der Waals surface area (Å²) in [6.07, 6.45) is 2.64. The molecule has 156 valence electrons. The van der Waals surface area contributed by atoms with Gasteiger partial charge in [0.2, 0.25) is 0 Å². The van der Waals surface area contributed by atoms with Crippen molar-refractivity contribution < 1.29 is 22.8 Å². The Morgan fingerprint density at radius 1 is 1.17 bits per heavy atom. The number of aromatic nitrogens is 1. The van der Waals surface area contributed by atoms with Crippen LogP contribution in [0.5, 0.6) is 0 Å². The highest BCUT2D eigenvalue weighted by molar-refractivity contribution is 6.04. The average molecular weight is 407 g/mol. The third-order valence-corrected chi connectivity index (χ3v) is 5.34. The van der Waals surface area contributed by atoms with Crippen LogP contribution in [0.3, 0.4) is 0 Å². The number of piperidine rings is 1. The molecule has 0 atom stereocenters. The van der Waals surface area contributed by atoms with Crippen LogP contribution in [0.15, 0.2) is 30.5 Å². The number of halogens is 3. The summed E-state index contributed by atoms with van der Waals surface area (Å²) in [6, 6.07) is 5.08. The Morgan fingerprint density at radius 2 is 1.83 bits per heavy atom. The number of rotatable bonds is 4. The molecule has 29 heavy (non-hydrogen) atoms. The molecule has 1 saturated heterocycles. The lowest BCUT2D eigenvalue weighted by Gasteiger charge is -2.32. The summed E-state index contributed by atoms with van der Waals surface area (Å²) in [5.41, 5.74) is 0.153. The van der Waals surface area contributed by atoms with Crippen molar-refractivity contribution in [3.8, 4) is 0 Å². The van der Waals surface area contributed by atoms with Crippen LogP contribution in [0, 0.1) is 18.7 Å². The van der Waals surface area contributed by atoms with Crippen LogP contribution in [0.2, 0.25) is 0 Å². The Kier molecular flexibility index (Phi) is 5.73. The van der Waals surface area contributed by atoms with E-state index < -0.39 is 29.2 Å². The number of likely N-dealkylation sites (tertiary alicyclic amines) is 1. The molecule has 2 heterocycles. The van der Waals surface area contributed by atoms with Gasteiger partial charge in [0.15, 0.2) is 0 Å². The van der Waals surface area contributed by atoms with Crippen molar-refractivity contribution in [2.45, 2.75) is 32.6 Å². The molecule has 0 aliphatic carbocycles. The monoisotopic (exact) mass is 407 g/mol. The molecule has 0 radical (unpaired) electrons. The molecule has 0 spiro atoms. The van der Waals surface area contributed by atoms with Crippen LogP contribution >= 0.6 is 0 Å². The molecule has 0 unspecified atom stereocenters. The number of carbonyl (C=O) groups is 2. The topological polar surface area (TPSA) is 54.3 Å². The van der Waals surface area contributed by atoms with Gasteiger partial charge < -0.3 is 14.8 Å². The molecule has 5 nitrogen and oxygen atoms in total. The van der Waals surface area contributed by atoms with E-state index in [9.17, 15) is 22.8 Å². The summed E-state index contributed by atoms with van der Waals surface area (Å²) in [6.45, 7) is 4.19. The number of nitrogens with one attached hydrogen (secondary N) is 1. The molecule has 3 rings (SSSR count). The van der Waals surface area contributed by atoms with E-state index in [1.165, 1.54) is 36.3 Å². The van der Waals surface area contributed by atoms with Crippen LogP contribution in [0.1, 0.15) is 41.4 Å². The highest BCUT2D eigenvalue weighted by atomic mass is 19.3. The molecule has 2 aromatic rings. The first-order valence-electron chi connectivity index (χ1n) is 9.51. The fraction of sp³-hybridized carbons (Fsp3) is 0.429. The smallest absolute Gasteiger partial charge is 0.348 e. The lowest BCUT2D eigenvalue weighted by molar-refractivity contribution is -0.161. The van der Waals surface area contributed by atoms with E-state index in [1.807, 2.05) is 6.92 Å². The fourth-order valence-electron chi connectivity index (χ4n) is 3.45. The molecule has 8 heteroatoms. The maximum atomic E-state index is 14.9. The maximum Gasteiger partial charge on any atom is 0.364 e. The van der Waals surface area contributed by atoms with Gasteiger partial charge in [-0.2, -0.15) is 8.78 Å². The molecule has 1 aliphatic heterocycles. The van der Waals surface area contributed by atoms with Crippen LogP contribution in [0.4, 0.5) is 18.9 Å². The minimum Gasteiger partial charge on any atom is -0.348 e. The maximum absolute atomic E-state index is 14.9. The minimum absolute atomic E-state index is 0.00998. The van der Waals surface area contributed by atoms with Crippen molar-refractivity contribution in [2.24, 2.45) is 13.0 Å². The van der Waals surface area contributed by atoms with Gasteiger partial charge >= 0.3 is 5.92 Å². The van der Waals surface area contributed by atoms with Crippen LogP contribution in [-0.4, -0.2) is 34.4 Å². The van der Waals surface area contributed by atoms with Gasteiger partial charge in [-0.3, -0.25) is 9.59 Å². The molecule has 1 N–H and O–H groups in total. The summed E-state index contributed by atoms with van der Waals surface area (Å²) < 4.78 is 44.3. The van der Waals surface area contributed by atoms with Crippen molar-refractivity contribution in [3.05, 3.63) is 53.1 Å². The number of hydrogen-bond donors (Lipinski definition) is 1. The van der Waals surface area contributed by atoms with Gasteiger partial charge in [-0.05, 0) is 55.5 Å². The van der Waals surface area contributed by atoms with Crippen LogP contribution in [0.25, 0.3) is 0 Å². The summed E-state index contributed by atoms with van der Waals surface area (Å²) in [7, 11) is 1.37. The van der Waals surface area contributed by atoms with Crippen molar-refractivity contribution in [3.63, 3.8) is 0 Å². The van der Waals surface area contributed by atoms with E-state index in [0.29, 0.717) is 43.1 Å². The molecule has 1 fully saturated rings. The zero-order valence-corrected chi connectivity index (χ0v) is 16.6. The summed E-state index contributed by atoms with van der Waals surface area (Å²) in [4.78, 5) is 26.1.